The van der Waals surface area contributed by atoms with Gasteiger partial charge in [-0.25, -0.2) is 4.39 Å². The Morgan fingerprint density at radius 1 is 1.44 bits per heavy atom. The van der Waals surface area contributed by atoms with Crippen LogP contribution in [0.15, 0.2) is 22.7 Å². The average molecular weight is 319 g/mol. The van der Waals surface area contributed by atoms with Crippen LogP contribution in [0.2, 0.25) is 0 Å². The van der Waals surface area contributed by atoms with Crippen LogP contribution in [0.1, 0.15) is 31.9 Å². The van der Waals surface area contributed by atoms with Crippen molar-refractivity contribution < 1.29 is 9.50 Å². The van der Waals surface area contributed by atoms with E-state index in [1.807, 2.05) is 6.92 Å². The zero-order chi connectivity index (χ0) is 13.7. The molecule has 0 aliphatic heterocycles. The van der Waals surface area contributed by atoms with E-state index in [-0.39, 0.29) is 24.0 Å². The maximum Gasteiger partial charge on any atom is 0.129 e. The lowest BCUT2D eigenvalue weighted by Crippen LogP contribution is -2.37. The highest BCUT2D eigenvalue weighted by molar-refractivity contribution is 9.10. The van der Waals surface area contributed by atoms with Crippen molar-refractivity contribution in [1.82, 2.24) is 5.32 Å². The molecule has 0 saturated carbocycles. The molecule has 1 aromatic carbocycles. The monoisotopic (exact) mass is 318 g/mol. The number of nitrogens with two attached hydrogens (primary N) is 1. The Bertz CT molecular complexity index is 387. The van der Waals surface area contributed by atoms with Crippen LogP contribution in [0.25, 0.3) is 0 Å². The first-order chi connectivity index (χ1) is 8.43. The van der Waals surface area contributed by atoms with Crippen molar-refractivity contribution in [2.24, 2.45) is 5.73 Å². The molecule has 0 saturated heterocycles. The number of benzene rings is 1. The SMILES string of the molecule is CC(O)CC(C)NC(CN)c1ccc(Br)cc1F. The lowest BCUT2D eigenvalue weighted by atomic mass is 10.0. The Hall–Kier alpha value is -0.490. The maximum absolute atomic E-state index is 13.8. The van der Waals surface area contributed by atoms with Gasteiger partial charge in [-0.3, -0.25) is 0 Å². The fraction of sp³-hybridized carbons (Fsp3) is 0.538. The van der Waals surface area contributed by atoms with Crippen LogP contribution >= 0.6 is 15.9 Å². The lowest BCUT2D eigenvalue weighted by Gasteiger charge is -2.23. The van der Waals surface area contributed by atoms with E-state index in [9.17, 15) is 9.50 Å². The molecule has 0 aliphatic carbocycles. The van der Waals surface area contributed by atoms with Crippen LogP contribution in [-0.2, 0) is 0 Å². The second-order valence-electron chi connectivity index (χ2n) is 4.61. The van der Waals surface area contributed by atoms with E-state index in [4.69, 9.17) is 5.73 Å². The second kappa shape index (κ2) is 7.19. The molecule has 0 heterocycles. The molecule has 1 rings (SSSR count). The number of aliphatic hydroxyl groups is 1. The van der Waals surface area contributed by atoms with E-state index < -0.39 is 0 Å². The van der Waals surface area contributed by atoms with Gasteiger partial charge < -0.3 is 16.2 Å². The Morgan fingerprint density at radius 2 is 2.11 bits per heavy atom. The van der Waals surface area contributed by atoms with Crippen LogP contribution in [0.4, 0.5) is 4.39 Å². The van der Waals surface area contributed by atoms with Gasteiger partial charge in [0.25, 0.3) is 0 Å². The molecule has 0 spiro atoms. The van der Waals surface area contributed by atoms with E-state index >= 15 is 0 Å². The van der Waals surface area contributed by atoms with Crippen molar-refractivity contribution in [1.29, 1.82) is 0 Å². The smallest absolute Gasteiger partial charge is 0.129 e. The van der Waals surface area contributed by atoms with Crippen molar-refractivity contribution in [2.45, 2.75) is 38.5 Å². The summed E-state index contributed by atoms with van der Waals surface area (Å²) in [4.78, 5) is 0. The number of nitrogens with one attached hydrogen (secondary N) is 1. The number of hydrogen-bond donors (Lipinski definition) is 3. The van der Waals surface area contributed by atoms with Gasteiger partial charge in [0.15, 0.2) is 0 Å². The van der Waals surface area contributed by atoms with Crippen LogP contribution < -0.4 is 11.1 Å². The predicted octanol–water partition coefficient (Wildman–Crippen LogP) is 2.34. The third-order valence-corrected chi connectivity index (χ3v) is 3.25. The number of halogens is 2. The van der Waals surface area contributed by atoms with Gasteiger partial charge in [0.05, 0.1) is 6.10 Å². The molecule has 0 bridgehead atoms. The van der Waals surface area contributed by atoms with Crippen molar-refractivity contribution in [3.63, 3.8) is 0 Å². The Morgan fingerprint density at radius 3 is 2.61 bits per heavy atom. The normalized spacial score (nSPS) is 16.3. The van der Waals surface area contributed by atoms with E-state index in [1.165, 1.54) is 6.07 Å². The first-order valence-electron chi connectivity index (χ1n) is 6.03. The molecule has 0 amide bonds. The summed E-state index contributed by atoms with van der Waals surface area (Å²) in [6, 6.07) is 4.77. The van der Waals surface area contributed by atoms with Crippen LogP contribution in [0.3, 0.4) is 0 Å². The third-order valence-electron chi connectivity index (χ3n) is 2.75. The molecular weight excluding hydrogens is 299 g/mol. The summed E-state index contributed by atoms with van der Waals surface area (Å²) in [6.45, 7) is 3.99. The molecule has 3 unspecified atom stereocenters. The summed E-state index contributed by atoms with van der Waals surface area (Å²) in [7, 11) is 0. The van der Waals surface area contributed by atoms with Crippen molar-refractivity contribution in [2.75, 3.05) is 6.54 Å². The van der Waals surface area contributed by atoms with Gasteiger partial charge in [0.2, 0.25) is 0 Å². The molecule has 0 aromatic heterocycles. The van der Waals surface area contributed by atoms with Crippen LogP contribution in [0, 0.1) is 5.82 Å². The van der Waals surface area contributed by atoms with Crippen molar-refractivity contribution in [3.8, 4) is 0 Å². The maximum atomic E-state index is 13.8. The fourth-order valence-corrected chi connectivity index (χ4v) is 2.33. The minimum Gasteiger partial charge on any atom is -0.393 e. The number of hydrogen-bond acceptors (Lipinski definition) is 3. The van der Waals surface area contributed by atoms with Crippen molar-refractivity contribution in [3.05, 3.63) is 34.1 Å². The van der Waals surface area contributed by atoms with E-state index in [0.29, 0.717) is 23.0 Å². The summed E-state index contributed by atoms with van der Waals surface area (Å²) >= 11 is 3.23. The summed E-state index contributed by atoms with van der Waals surface area (Å²) < 4.78 is 14.5. The quantitative estimate of drug-likeness (QED) is 0.754. The first kappa shape index (κ1) is 15.6. The molecule has 4 N–H and O–H groups in total. The molecule has 0 radical (unpaired) electrons. The van der Waals surface area contributed by atoms with E-state index in [1.54, 1.807) is 19.1 Å². The summed E-state index contributed by atoms with van der Waals surface area (Å²) in [6.07, 6.45) is 0.218. The standard InChI is InChI=1S/C13H20BrFN2O/c1-8(5-9(2)18)17-13(7-16)11-4-3-10(14)6-12(11)15/h3-4,6,8-9,13,17-18H,5,7,16H2,1-2H3. The van der Waals surface area contributed by atoms with Gasteiger partial charge in [-0.15, -0.1) is 0 Å². The molecule has 3 atom stereocenters. The highest BCUT2D eigenvalue weighted by Crippen LogP contribution is 2.21. The van der Waals surface area contributed by atoms with Gasteiger partial charge in [-0.2, -0.15) is 0 Å². The molecule has 3 nitrogen and oxygen atoms in total. The number of rotatable bonds is 6. The van der Waals surface area contributed by atoms with Gasteiger partial charge in [0, 0.05) is 28.7 Å². The average Bonchev–Trinajstić information content (AvgIpc) is 2.25. The Kier molecular flexibility index (Phi) is 6.21. The summed E-state index contributed by atoms with van der Waals surface area (Å²) in [5.41, 5.74) is 6.24. The predicted molar refractivity (Wildman–Crippen MR) is 74.8 cm³/mol. The Balaban J connectivity index is 2.76. The second-order valence-corrected chi connectivity index (χ2v) is 5.52. The highest BCUT2D eigenvalue weighted by Gasteiger charge is 2.17. The van der Waals surface area contributed by atoms with E-state index in [0.717, 1.165) is 0 Å². The summed E-state index contributed by atoms with van der Waals surface area (Å²) in [5.74, 6) is -0.281. The highest BCUT2D eigenvalue weighted by atomic mass is 79.9. The van der Waals surface area contributed by atoms with Gasteiger partial charge in [0.1, 0.15) is 5.82 Å². The minimum absolute atomic E-state index is 0.0709. The lowest BCUT2D eigenvalue weighted by molar-refractivity contribution is 0.168. The molecule has 0 fully saturated rings. The largest absolute Gasteiger partial charge is 0.393 e. The molecular formula is C13H20BrFN2O. The molecule has 0 aliphatic rings. The molecule has 5 heteroatoms. The zero-order valence-corrected chi connectivity index (χ0v) is 12.2. The van der Waals surface area contributed by atoms with Gasteiger partial charge in [-0.05, 0) is 32.4 Å². The molecule has 18 heavy (non-hydrogen) atoms. The van der Waals surface area contributed by atoms with Crippen LogP contribution in [0.5, 0.6) is 0 Å². The Labute approximate surface area is 116 Å². The summed E-state index contributed by atoms with van der Waals surface area (Å²) in [5, 5.41) is 12.6. The molecule has 102 valence electrons. The van der Waals surface area contributed by atoms with Crippen LogP contribution in [-0.4, -0.2) is 23.8 Å². The van der Waals surface area contributed by atoms with Crippen molar-refractivity contribution >= 4 is 15.9 Å². The minimum atomic E-state index is -0.388. The van der Waals surface area contributed by atoms with Gasteiger partial charge in [-0.1, -0.05) is 22.0 Å². The molecule has 1 aromatic rings. The topological polar surface area (TPSA) is 58.3 Å². The van der Waals surface area contributed by atoms with Gasteiger partial charge >= 0.3 is 0 Å². The zero-order valence-electron chi connectivity index (χ0n) is 10.7. The van der Waals surface area contributed by atoms with E-state index in [2.05, 4.69) is 21.2 Å². The number of aliphatic hydroxyl groups excluding tert-OH is 1. The third kappa shape index (κ3) is 4.65. The first-order valence-corrected chi connectivity index (χ1v) is 6.82. The fourth-order valence-electron chi connectivity index (χ4n) is 1.99.